The van der Waals surface area contributed by atoms with Crippen molar-refractivity contribution in [1.82, 2.24) is 0 Å². The van der Waals surface area contributed by atoms with Crippen LogP contribution >= 0.6 is 31.9 Å². The summed E-state index contributed by atoms with van der Waals surface area (Å²) in [5.74, 6) is 2.51. The fourth-order valence-electron chi connectivity index (χ4n) is 1.85. The number of hydrogen-bond acceptors (Lipinski definition) is 4. The van der Waals surface area contributed by atoms with Crippen LogP contribution in [0.2, 0.25) is 0 Å². The molecule has 104 valence electrons. The average molecular weight is 401 g/mol. The van der Waals surface area contributed by atoms with Gasteiger partial charge in [-0.3, -0.25) is 0 Å². The van der Waals surface area contributed by atoms with Crippen LogP contribution in [0, 0.1) is 0 Å². The molecule has 0 aliphatic carbocycles. The summed E-state index contributed by atoms with van der Waals surface area (Å²) in [6, 6.07) is 9.12. The lowest BCUT2D eigenvalue weighted by molar-refractivity contribution is 0.171. The number of fused-ring (bicyclic) bond motifs is 1. The second kappa shape index (κ2) is 5.54. The minimum Gasteiger partial charge on any atom is -0.486 e. The Morgan fingerprint density at radius 2 is 1.65 bits per heavy atom. The van der Waals surface area contributed by atoms with Crippen molar-refractivity contribution in [1.29, 1.82) is 0 Å². The highest BCUT2D eigenvalue weighted by molar-refractivity contribution is 9.11. The van der Waals surface area contributed by atoms with Gasteiger partial charge in [0, 0.05) is 16.6 Å². The maximum absolute atomic E-state index is 5.99. The lowest BCUT2D eigenvalue weighted by atomic mass is 10.2. The number of halogens is 2. The number of hydrogen-bond donors (Lipinski definition) is 1. The van der Waals surface area contributed by atoms with Crippen LogP contribution in [0.4, 0.5) is 5.69 Å². The summed E-state index contributed by atoms with van der Waals surface area (Å²) in [7, 11) is 0. The third-order valence-electron chi connectivity index (χ3n) is 2.79. The van der Waals surface area contributed by atoms with Gasteiger partial charge in [-0.05, 0) is 34.1 Å². The van der Waals surface area contributed by atoms with Crippen LogP contribution in [0.25, 0.3) is 0 Å². The second-order valence-corrected chi connectivity index (χ2v) is 5.98. The molecule has 6 heteroatoms. The van der Waals surface area contributed by atoms with Crippen LogP contribution in [0.3, 0.4) is 0 Å². The van der Waals surface area contributed by atoms with E-state index in [1.54, 1.807) is 12.1 Å². The number of benzene rings is 2. The van der Waals surface area contributed by atoms with Crippen LogP contribution in [0.5, 0.6) is 23.0 Å². The SMILES string of the molecule is Nc1cc2c(cc1Oc1ccc(Br)cc1Br)OCCO2. The zero-order valence-corrected chi connectivity index (χ0v) is 13.5. The van der Waals surface area contributed by atoms with Crippen molar-refractivity contribution in [2.75, 3.05) is 18.9 Å². The van der Waals surface area contributed by atoms with E-state index in [-0.39, 0.29) is 0 Å². The van der Waals surface area contributed by atoms with Gasteiger partial charge < -0.3 is 19.9 Å². The molecule has 4 nitrogen and oxygen atoms in total. The summed E-state index contributed by atoms with van der Waals surface area (Å²) < 4.78 is 18.6. The van der Waals surface area contributed by atoms with E-state index in [0.717, 1.165) is 8.95 Å². The number of anilines is 1. The van der Waals surface area contributed by atoms with Crippen molar-refractivity contribution >= 4 is 37.5 Å². The molecule has 0 fully saturated rings. The van der Waals surface area contributed by atoms with Gasteiger partial charge in [0.05, 0.1) is 10.2 Å². The maximum atomic E-state index is 5.99. The first kappa shape index (κ1) is 13.6. The summed E-state index contributed by atoms with van der Waals surface area (Å²) >= 11 is 6.85. The average Bonchev–Trinajstić information content (AvgIpc) is 2.42. The number of nitrogens with two attached hydrogens (primary N) is 1. The van der Waals surface area contributed by atoms with E-state index in [2.05, 4.69) is 31.9 Å². The molecule has 2 N–H and O–H groups in total. The van der Waals surface area contributed by atoms with E-state index < -0.39 is 0 Å². The molecule has 0 amide bonds. The molecule has 3 rings (SSSR count). The van der Waals surface area contributed by atoms with Crippen LogP contribution in [-0.4, -0.2) is 13.2 Å². The molecular formula is C14H11Br2NO3. The van der Waals surface area contributed by atoms with Crippen LogP contribution in [0.15, 0.2) is 39.3 Å². The standard InChI is InChI=1S/C14H11Br2NO3/c15-8-1-2-11(9(16)5-8)20-12-7-14-13(6-10(12)17)18-3-4-19-14/h1-2,5-7H,3-4,17H2. The molecule has 0 radical (unpaired) electrons. The predicted octanol–water partition coefficient (Wildman–Crippen LogP) is 4.36. The number of rotatable bonds is 2. The quantitative estimate of drug-likeness (QED) is 0.761. The summed E-state index contributed by atoms with van der Waals surface area (Å²) in [5, 5.41) is 0. The minimum atomic E-state index is 0.504. The highest BCUT2D eigenvalue weighted by atomic mass is 79.9. The Hall–Kier alpha value is -1.40. The minimum absolute atomic E-state index is 0.504. The maximum Gasteiger partial charge on any atom is 0.165 e. The van der Waals surface area contributed by atoms with Crippen molar-refractivity contribution in [2.24, 2.45) is 0 Å². The Morgan fingerprint density at radius 1 is 0.950 bits per heavy atom. The molecule has 0 bridgehead atoms. The first-order valence-electron chi connectivity index (χ1n) is 5.95. The Balaban J connectivity index is 1.94. The molecule has 0 spiro atoms. The van der Waals surface area contributed by atoms with E-state index in [1.165, 1.54) is 0 Å². The molecule has 1 aliphatic rings. The third kappa shape index (κ3) is 2.71. The highest BCUT2D eigenvalue weighted by Gasteiger charge is 2.16. The Labute approximate surface area is 133 Å². The Bertz CT molecular complexity index is 661. The smallest absolute Gasteiger partial charge is 0.165 e. The van der Waals surface area contributed by atoms with Gasteiger partial charge in [-0.15, -0.1) is 0 Å². The van der Waals surface area contributed by atoms with Gasteiger partial charge in [0.1, 0.15) is 19.0 Å². The Morgan fingerprint density at radius 3 is 2.35 bits per heavy atom. The van der Waals surface area contributed by atoms with Gasteiger partial charge in [0.15, 0.2) is 17.2 Å². The van der Waals surface area contributed by atoms with Gasteiger partial charge in [-0.1, -0.05) is 15.9 Å². The summed E-state index contributed by atoms with van der Waals surface area (Å²) in [6.07, 6.45) is 0. The monoisotopic (exact) mass is 399 g/mol. The summed E-state index contributed by atoms with van der Waals surface area (Å²) in [6.45, 7) is 1.06. The van der Waals surface area contributed by atoms with Gasteiger partial charge >= 0.3 is 0 Å². The fraction of sp³-hybridized carbons (Fsp3) is 0.143. The van der Waals surface area contributed by atoms with Gasteiger partial charge in [0.2, 0.25) is 0 Å². The normalized spacial score (nSPS) is 13.1. The zero-order valence-electron chi connectivity index (χ0n) is 10.4. The first-order chi connectivity index (χ1) is 9.63. The van der Waals surface area contributed by atoms with E-state index in [1.807, 2.05) is 18.2 Å². The third-order valence-corrected chi connectivity index (χ3v) is 3.90. The fourth-order valence-corrected chi connectivity index (χ4v) is 2.98. The molecule has 2 aromatic carbocycles. The number of ether oxygens (including phenoxy) is 3. The van der Waals surface area contributed by atoms with E-state index in [0.29, 0.717) is 41.9 Å². The first-order valence-corrected chi connectivity index (χ1v) is 7.54. The molecule has 0 saturated heterocycles. The zero-order chi connectivity index (χ0) is 14.1. The predicted molar refractivity (Wildman–Crippen MR) is 83.8 cm³/mol. The summed E-state index contributed by atoms with van der Waals surface area (Å²) in [4.78, 5) is 0. The molecular weight excluding hydrogens is 390 g/mol. The van der Waals surface area contributed by atoms with E-state index in [4.69, 9.17) is 19.9 Å². The lowest BCUT2D eigenvalue weighted by Crippen LogP contribution is -2.15. The lowest BCUT2D eigenvalue weighted by Gasteiger charge is -2.20. The summed E-state index contributed by atoms with van der Waals surface area (Å²) in [5.41, 5.74) is 6.49. The van der Waals surface area contributed by atoms with Crippen molar-refractivity contribution in [3.8, 4) is 23.0 Å². The van der Waals surface area contributed by atoms with Gasteiger partial charge in [0.25, 0.3) is 0 Å². The molecule has 2 aromatic rings. The Kier molecular flexibility index (Phi) is 3.76. The van der Waals surface area contributed by atoms with Crippen molar-refractivity contribution in [3.05, 3.63) is 39.3 Å². The second-order valence-electron chi connectivity index (χ2n) is 4.21. The molecule has 1 heterocycles. The van der Waals surface area contributed by atoms with Crippen LogP contribution < -0.4 is 19.9 Å². The van der Waals surface area contributed by atoms with Crippen molar-refractivity contribution in [2.45, 2.75) is 0 Å². The van der Waals surface area contributed by atoms with Gasteiger partial charge in [-0.2, -0.15) is 0 Å². The molecule has 0 aromatic heterocycles. The molecule has 20 heavy (non-hydrogen) atoms. The van der Waals surface area contributed by atoms with E-state index >= 15 is 0 Å². The van der Waals surface area contributed by atoms with Gasteiger partial charge in [-0.25, -0.2) is 0 Å². The van der Waals surface area contributed by atoms with Crippen LogP contribution in [0.1, 0.15) is 0 Å². The highest BCUT2D eigenvalue weighted by Crippen LogP contribution is 2.41. The van der Waals surface area contributed by atoms with Crippen LogP contribution in [-0.2, 0) is 0 Å². The molecule has 0 unspecified atom stereocenters. The molecule has 0 atom stereocenters. The van der Waals surface area contributed by atoms with Crippen molar-refractivity contribution in [3.63, 3.8) is 0 Å². The largest absolute Gasteiger partial charge is 0.486 e. The van der Waals surface area contributed by atoms with E-state index in [9.17, 15) is 0 Å². The topological polar surface area (TPSA) is 53.7 Å². The molecule has 1 aliphatic heterocycles. The van der Waals surface area contributed by atoms with Crippen molar-refractivity contribution < 1.29 is 14.2 Å². The number of nitrogen functional groups attached to an aromatic ring is 1. The molecule has 0 saturated carbocycles.